The summed E-state index contributed by atoms with van der Waals surface area (Å²) < 4.78 is 0. The summed E-state index contributed by atoms with van der Waals surface area (Å²) in [5, 5.41) is 22.8. The van der Waals surface area contributed by atoms with Gasteiger partial charge in [-0.2, -0.15) is 0 Å². The van der Waals surface area contributed by atoms with Crippen LogP contribution in [0.25, 0.3) is 0 Å². The maximum atomic E-state index is 11.4. The molecule has 1 atom stereocenters. The Morgan fingerprint density at radius 3 is 2.72 bits per heavy atom. The average molecular weight is 252 g/mol. The molecule has 4 N–H and O–H groups in total. The highest BCUT2D eigenvalue weighted by atomic mass is 16.4. The van der Waals surface area contributed by atoms with Gasteiger partial charge in [0.25, 0.3) is 0 Å². The number of amides is 2. The molecule has 1 rings (SSSR count). The van der Waals surface area contributed by atoms with Crippen LogP contribution in [0.3, 0.4) is 0 Å². The smallest absolute Gasteiger partial charge is 0.315 e. The Bertz CT molecular complexity index is 434. The van der Waals surface area contributed by atoms with Crippen molar-refractivity contribution in [2.45, 2.75) is 19.4 Å². The van der Waals surface area contributed by atoms with Crippen molar-refractivity contribution in [2.24, 2.45) is 0 Å². The zero-order valence-electron chi connectivity index (χ0n) is 10.0. The van der Waals surface area contributed by atoms with Crippen LogP contribution in [0, 0.1) is 0 Å². The predicted molar refractivity (Wildman–Crippen MR) is 65.3 cm³/mol. The first-order valence-corrected chi connectivity index (χ1v) is 5.54. The van der Waals surface area contributed by atoms with Crippen LogP contribution in [0.5, 0.6) is 5.75 Å². The van der Waals surface area contributed by atoms with Gasteiger partial charge in [0.1, 0.15) is 5.75 Å². The number of hydrogen-bond acceptors (Lipinski definition) is 3. The van der Waals surface area contributed by atoms with Crippen LogP contribution >= 0.6 is 0 Å². The number of rotatable bonds is 5. The fourth-order valence-electron chi connectivity index (χ4n) is 1.41. The second-order valence-corrected chi connectivity index (χ2v) is 3.86. The molecule has 0 heterocycles. The zero-order chi connectivity index (χ0) is 13.5. The van der Waals surface area contributed by atoms with E-state index in [1.807, 2.05) is 0 Å². The second-order valence-electron chi connectivity index (χ2n) is 3.86. The van der Waals surface area contributed by atoms with Crippen LogP contribution in [0.15, 0.2) is 24.3 Å². The van der Waals surface area contributed by atoms with Crippen molar-refractivity contribution in [3.63, 3.8) is 0 Å². The highest BCUT2D eigenvalue weighted by molar-refractivity contribution is 5.75. The summed E-state index contributed by atoms with van der Waals surface area (Å²) >= 11 is 0. The maximum Gasteiger partial charge on any atom is 0.315 e. The third-order valence-corrected chi connectivity index (χ3v) is 2.34. The van der Waals surface area contributed by atoms with Gasteiger partial charge in [-0.25, -0.2) is 4.79 Å². The summed E-state index contributed by atoms with van der Waals surface area (Å²) in [7, 11) is 0. The molecule has 0 saturated heterocycles. The number of phenols is 1. The van der Waals surface area contributed by atoms with Crippen molar-refractivity contribution in [1.29, 1.82) is 0 Å². The number of carbonyl (C=O) groups excluding carboxylic acids is 1. The van der Waals surface area contributed by atoms with Gasteiger partial charge < -0.3 is 20.8 Å². The molecule has 0 aliphatic rings. The average Bonchev–Trinajstić information content (AvgIpc) is 2.28. The minimum atomic E-state index is -0.962. The molecular formula is C12H16N2O4. The number of benzene rings is 1. The Hall–Kier alpha value is -2.24. The lowest BCUT2D eigenvalue weighted by atomic mass is 10.1. The van der Waals surface area contributed by atoms with E-state index in [1.165, 1.54) is 0 Å². The molecule has 0 bridgehead atoms. The van der Waals surface area contributed by atoms with Gasteiger partial charge in [0, 0.05) is 6.54 Å². The first kappa shape index (κ1) is 13.8. The van der Waals surface area contributed by atoms with Gasteiger partial charge in [-0.3, -0.25) is 4.79 Å². The normalized spacial score (nSPS) is 11.6. The summed E-state index contributed by atoms with van der Waals surface area (Å²) in [6, 6.07) is 5.85. The number of aromatic hydroxyl groups is 1. The van der Waals surface area contributed by atoms with Crippen molar-refractivity contribution in [3.8, 4) is 5.75 Å². The monoisotopic (exact) mass is 252 g/mol. The van der Waals surface area contributed by atoms with E-state index >= 15 is 0 Å². The molecule has 0 radical (unpaired) electrons. The van der Waals surface area contributed by atoms with Crippen molar-refractivity contribution in [2.75, 3.05) is 6.54 Å². The lowest BCUT2D eigenvalue weighted by Gasteiger charge is -2.15. The minimum absolute atomic E-state index is 0.0773. The molecule has 0 aliphatic heterocycles. The lowest BCUT2D eigenvalue weighted by Crippen LogP contribution is -2.38. The number of carboxylic acids is 1. The van der Waals surface area contributed by atoms with Crippen LogP contribution in [-0.4, -0.2) is 28.8 Å². The van der Waals surface area contributed by atoms with Crippen molar-refractivity contribution in [3.05, 3.63) is 29.8 Å². The van der Waals surface area contributed by atoms with E-state index in [0.29, 0.717) is 0 Å². The molecule has 1 aromatic carbocycles. The molecule has 0 saturated carbocycles. The van der Waals surface area contributed by atoms with E-state index in [0.717, 1.165) is 5.56 Å². The molecule has 0 fully saturated rings. The minimum Gasteiger partial charge on any atom is -0.508 e. The van der Waals surface area contributed by atoms with Gasteiger partial charge in [-0.15, -0.1) is 0 Å². The van der Waals surface area contributed by atoms with Gasteiger partial charge in [0.2, 0.25) is 0 Å². The standard InChI is InChI=1S/C12H16N2O4/c1-8(9-3-2-4-10(15)7-9)14-12(18)13-6-5-11(16)17/h2-4,7-8,15H,5-6H2,1H3,(H,16,17)(H2,13,14,18)/t8-/m0/s1. The quantitative estimate of drug-likeness (QED) is 0.633. The fourth-order valence-corrected chi connectivity index (χ4v) is 1.41. The topological polar surface area (TPSA) is 98.7 Å². The van der Waals surface area contributed by atoms with E-state index < -0.39 is 12.0 Å². The van der Waals surface area contributed by atoms with Gasteiger partial charge in [0.15, 0.2) is 0 Å². The molecule has 18 heavy (non-hydrogen) atoms. The van der Waals surface area contributed by atoms with Gasteiger partial charge >= 0.3 is 12.0 Å². The predicted octanol–water partition coefficient (Wildman–Crippen LogP) is 1.23. The first-order valence-electron chi connectivity index (χ1n) is 5.54. The summed E-state index contributed by atoms with van der Waals surface area (Å²) in [6.45, 7) is 1.85. The third kappa shape index (κ3) is 4.73. The number of hydrogen-bond donors (Lipinski definition) is 4. The Balaban J connectivity index is 2.42. The number of phenolic OH excluding ortho intramolecular Hbond substituents is 1. The molecule has 0 spiro atoms. The molecule has 2 amide bonds. The van der Waals surface area contributed by atoms with Crippen LogP contribution < -0.4 is 10.6 Å². The summed E-state index contributed by atoms with van der Waals surface area (Å²) in [5.41, 5.74) is 0.767. The Morgan fingerprint density at radius 1 is 1.39 bits per heavy atom. The number of urea groups is 1. The molecule has 98 valence electrons. The second kappa shape index (κ2) is 6.48. The number of nitrogens with one attached hydrogen (secondary N) is 2. The van der Waals surface area contributed by atoms with Crippen LogP contribution in [-0.2, 0) is 4.79 Å². The van der Waals surface area contributed by atoms with Gasteiger partial charge in [0.05, 0.1) is 12.5 Å². The Kier molecular flexibility index (Phi) is 4.98. The molecule has 6 heteroatoms. The first-order chi connectivity index (χ1) is 8.49. The molecule has 6 nitrogen and oxygen atoms in total. The zero-order valence-corrected chi connectivity index (χ0v) is 10.0. The Morgan fingerprint density at radius 2 is 2.11 bits per heavy atom. The van der Waals surface area contributed by atoms with Crippen LogP contribution in [0.1, 0.15) is 24.9 Å². The number of carboxylic acid groups (broad SMARTS) is 1. The van der Waals surface area contributed by atoms with E-state index in [1.54, 1.807) is 31.2 Å². The van der Waals surface area contributed by atoms with Crippen molar-refractivity contribution < 1.29 is 19.8 Å². The van der Waals surface area contributed by atoms with Crippen LogP contribution in [0.2, 0.25) is 0 Å². The number of aliphatic carboxylic acids is 1. The van der Waals surface area contributed by atoms with E-state index in [-0.39, 0.29) is 24.8 Å². The fraction of sp³-hybridized carbons (Fsp3) is 0.333. The van der Waals surface area contributed by atoms with E-state index in [2.05, 4.69) is 10.6 Å². The molecular weight excluding hydrogens is 236 g/mol. The third-order valence-electron chi connectivity index (χ3n) is 2.34. The SMILES string of the molecule is C[C@H](NC(=O)NCCC(=O)O)c1cccc(O)c1. The molecule has 0 unspecified atom stereocenters. The Labute approximate surface area is 105 Å². The lowest BCUT2D eigenvalue weighted by molar-refractivity contribution is -0.136. The molecule has 0 aliphatic carbocycles. The molecule has 1 aromatic rings. The van der Waals surface area contributed by atoms with Crippen LogP contribution in [0.4, 0.5) is 4.79 Å². The van der Waals surface area contributed by atoms with Crippen molar-refractivity contribution in [1.82, 2.24) is 10.6 Å². The maximum absolute atomic E-state index is 11.4. The summed E-state index contributed by atoms with van der Waals surface area (Å²) in [4.78, 5) is 21.7. The summed E-state index contributed by atoms with van der Waals surface area (Å²) in [5.74, 6) is -0.830. The number of carbonyl (C=O) groups is 2. The van der Waals surface area contributed by atoms with Crippen molar-refractivity contribution >= 4 is 12.0 Å². The summed E-state index contributed by atoms with van der Waals surface area (Å²) in [6.07, 6.45) is -0.117. The van der Waals surface area contributed by atoms with E-state index in [9.17, 15) is 14.7 Å². The van der Waals surface area contributed by atoms with Gasteiger partial charge in [-0.05, 0) is 24.6 Å². The van der Waals surface area contributed by atoms with Gasteiger partial charge in [-0.1, -0.05) is 12.1 Å². The highest BCUT2D eigenvalue weighted by Crippen LogP contribution is 2.17. The van der Waals surface area contributed by atoms with E-state index in [4.69, 9.17) is 5.11 Å². The molecule has 0 aromatic heterocycles. The highest BCUT2D eigenvalue weighted by Gasteiger charge is 2.09. The largest absolute Gasteiger partial charge is 0.508 e.